The van der Waals surface area contributed by atoms with Crippen LogP contribution in [0.5, 0.6) is 0 Å². The van der Waals surface area contributed by atoms with E-state index in [1.807, 2.05) is 36.1 Å². The van der Waals surface area contributed by atoms with Gasteiger partial charge >= 0.3 is 0 Å². The molecule has 2 aromatic rings. The van der Waals surface area contributed by atoms with E-state index in [0.717, 1.165) is 12.1 Å². The molecular formula is C20H22FN3O2. The fraction of sp³-hybridized carbons (Fsp3) is 0.300. The van der Waals surface area contributed by atoms with Gasteiger partial charge in [0.05, 0.1) is 13.1 Å². The third-order valence-corrected chi connectivity index (χ3v) is 4.42. The van der Waals surface area contributed by atoms with Crippen molar-refractivity contribution in [2.45, 2.75) is 19.4 Å². The van der Waals surface area contributed by atoms with Crippen LogP contribution in [0, 0.1) is 5.82 Å². The van der Waals surface area contributed by atoms with Gasteiger partial charge in [-0.25, -0.2) is 4.39 Å². The van der Waals surface area contributed by atoms with E-state index in [0.29, 0.717) is 5.69 Å². The van der Waals surface area contributed by atoms with Crippen LogP contribution in [0.25, 0.3) is 0 Å². The third kappa shape index (κ3) is 4.08. The zero-order valence-electron chi connectivity index (χ0n) is 14.9. The molecule has 26 heavy (non-hydrogen) atoms. The number of hydrogen-bond donors (Lipinski definition) is 1. The number of carbonyl (C=O) groups excluding carboxylic acids is 2. The first kappa shape index (κ1) is 18.1. The number of rotatable bonds is 5. The van der Waals surface area contributed by atoms with Crippen LogP contribution in [-0.4, -0.2) is 42.9 Å². The minimum absolute atomic E-state index is 0.0282. The molecule has 6 heteroatoms. The number of nitrogens with one attached hydrogen (secondary N) is 1. The van der Waals surface area contributed by atoms with Gasteiger partial charge in [0.2, 0.25) is 11.8 Å². The summed E-state index contributed by atoms with van der Waals surface area (Å²) >= 11 is 0. The Morgan fingerprint density at radius 3 is 2.58 bits per heavy atom. The Morgan fingerprint density at radius 2 is 1.85 bits per heavy atom. The summed E-state index contributed by atoms with van der Waals surface area (Å²) in [7, 11) is 1.73. The minimum atomic E-state index is -0.356. The van der Waals surface area contributed by atoms with Crippen molar-refractivity contribution in [2.75, 3.05) is 30.4 Å². The molecule has 1 heterocycles. The van der Waals surface area contributed by atoms with Gasteiger partial charge in [-0.1, -0.05) is 18.2 Å². The summed E-state index contributed by atoms with van der Waals surface area (Å²) in [5.74, 6) is -0.632. The zero-order valence-corrected chi connectivity index (χ0v) is 14.9. The predicted octanol–water partition coefficient (Wildman–Crippen LogP) is 2.67. The maximum Gasteiger partial charge on any atom is 0.241 e. The molecule has 5 nitrogen and oxygen atoms in total. The molecule has 1 aliphatic heterocycles. The molecule has 0 radical (unpaired) electrons. The number of halogens is 1. The number of anilines is 2. The van der Waals surface area contributed by atoms with Crippen LogP contribution in [0.1, 0.15) is 12.5 Å². The number of benzene rings is 2. The number of amides is 2. The van der Waals surface area contributed by atoms with Crippen molar-refractivity contribution in [1.29, 1.82) is 0 Å². The molecule has 1 aliphatic rings. The standard InChI is InChI=1S/C20H22FN3O2/c1-14-11-15-5-3-4-6-18(15)24(14)20(26)13-23(2)12-19(25)22-17-9-7-16(21)8-10-17/h3-10,14H,11-13H2,1-2H3,(H,22,25)/t14-/m1/s1. The molecule has 0 saturated heterocycles. The van der Waals surface area contributed by atoms with Crippen LogP contribution in [0.2, 0.25) is 0 Å². The minimum Gasteiger partial charge on any atom is -0.325 e. The molecule has 0 unspecified atom stereocenters. The second-order valence-electron chi connectivity index (χ2n) is 6.67. The predicted molar refractivity (Wildman–Crippen MR) is 99.6 cm³/mol. The highest BCUT2D eigenvalue weighted by molar-refractivity contribution is 5.98. The van der Waals surface area contributed by atoms with E-state index in [-0.39, 0.29) is 36.8 Å². The van der Waals surface area contributed by atoms with Gasteiger partial charge in [0.25, 0.3) is 0 Å². The van der Waals surface area contributed by atoms with E-state index in [9.17, 15) is 14.0 Å². The lowest BCUT2D eigenvalue weighted by atomic mass is 10.1. The Bertz CT molecular complexity index is 807. The van der Waals surface area contributed by atoms with Crippen LogP contribution in [-0.2, 0) is 16.0 Å². The molecule has 0 aliphatic carbocycles. The number of hydrogen-bond acceptors (Lipinski definition) is 3. The van der Waals surface area contributed by atoms with Crippen LogP contribution < -0.4 is 10.2 Å². The normalized spacial score (nSPS) is 15.8. The first-order chi connectivity index (χ1) is 12.4. The topological polar surface area (TPSA) is 52.7 Å². The van der Waals surface area contributed by atoms with E-state index in [1.54, 1.807) is 11.9 Å². The number of carbonyl (C=O) groups is 2. The second kappa shape index (κ2) is 7.66. The van der Waals surface area contributed by atoms with Crippen molar-refractivity contribution in [2.24, 2.45) is 0 Å². The molecule has 1 atom stereocenters. The number of para-hydroxylation sites is 1. The first-order valence-electron chi connectivity index (χ1n) is 8.58. The maximum atomic E-state index is 12.9. The van der Waals surface area contributed by atoms with Crippen LogP contribution in [0.4, 0.5) is 15.8 Å². The quantitative estimate of drug-likeness (QED) is 0.897. The fourth-order valence-electron chi connectivity index (χ4n) is 3.29. The average molecular weight is 355 g/mol. The monoisotopic (exact) mass is 355 g/mol. The van der Waals surface area contributed by atoms with Crippen molar-refractivity contribution in [3.63, 3.8) is 0 Å². The van der Waals surface area contributed by atoms with Crippen molar-refractivity contribution < 1.29 is 14.0 Å². The van der Waals surface area contributed by atoms with Gasteiger partial charge in [0.1, 0.15) is 5.82 Å². The molecule has 3 rings (SSSR count). The molecule has 2 amide bonds. The molecule has 0 spiro atoms. The number of fused-ring (bicyclic) bond motifs is 1. The van der Waals surface area contributed by atoms with Gasteiger partial charge < -0.3 is 10.2 Å². The SMILES string of the molecule is C[C@@H]1Cc2ccccc2N1C(=O)CN(C)CC(=O)Nc1ccc(F)cc1. The largest absolute Gasteiger partial charge is 0.325 e. The molecule has 0 fully saturated rings. The molecule has 0 bridgehead atoms. The van der Waals surface area contributed by atoms with Crippen LogP contribution in [0.15, 0.2) is 48.5 Å². The van der Waals surface area contributed by atoms with Gasteiger partial charge in [-0.3, -0.25) is 14.5 Å². The summed E-state index contributed by atoms with van der Waals surface area (Å²) in [6, 6.07) is 13.6. The number of nitrogens with zero attached hydrogens (tertiary/aromatic N) is 2. The van der Waals surface area contributed by atoms with E-state index in [4.69, 9.17) is 0 Å². The zero-order chi connectivity index (χ0) is 18.7. The maximum absolute atomic E-state index is 12.9. The van der Waals surface area contributed by atoms with Gasteiger partial charge in [0, 0.05) is 17.4 Å². The summed E-state index contributed by atoms with van der Waals surface area (Å²) in [6.07, 6.45) is 0.844. The van der Waals surface area contributed by atoms with Crippen LogP contribution >= 0.6 is 0 Å². The molecule has 0 aromatic heterocycles. The van der Waals surface area contributed by atoms with E-state index >= 15 is 0 Å². The summed E-state index contributed by atoms with van der Waals surface area (Å²) in [6.45, 7) is 2.25. The van der Waals surface area contributed by atoms with Crippen molar-refractivity contribution in [1.82, 2.24) is 4.90 Å². The molecule has 0 saturated carbocycles. The van der Waals surface area contributed by atoms with E-state index in [2.05, 4.69) is 5.32 Å². The highest BCUT2D eigenvalue weighted by atomic mass is 19.1. The summed E-state index contributed by atoms with van der Waals surface area (Å²) < 4.78 is 12.9. The highest BCUT2D eigenvalue weighted by Crippen LogP contribution is 2.31. The molecule has 2 aromatic carbocycles. The Morgan fingerprint density at radius 1 is 1.15 bits per heavy atom. The Labute approximate surface area is 152 Å². The molecule has 1 N–H and O–H groups in total. The second-order valence-corrected chi connectivity index (χ2v) is 6.67. The van der Waals surface area contributed by atoms with Gasteiger partial charge in [-0.2, -0.15) is 0 Å². The smallest absolute Gasteiger partial charge is 0.241 e. The van der Waals surface area contributed by atoms with Gasteiger partial charge in [0.15, 0.2) is 0 Å². The lowest BCUT2D eigenvalue weighted by Gasteiger charge is -2.25. The molecular weight excluding hydrogens is 333 g/mol. The van der Waals surface area contributed by atoms with E-state index in [1.165, 1.54) is 29.8 Å². The first-order valence-corrected chi connectivity index (χ1v) is 8.58. The van der Waals surface area contributed by atoms with Crippen molar-refractivity contribution in [3.8, 4) is 0 Å². The lowest BCUT2D eigenvalue weighted by Crippen LogP contribution is -2.43. The van der Waals surface area contributed by atoms with Crippen molar-refractivity contribution >= 4 is 23.2 Å². The van der Waals surface area contributed by atoms with Gasteiger partial charge in [-0.05, 0) is 56.3 Å². The summed E-state index contributed by atoms with van der Waals surface area (Å²) in [5, 5.41) is 2.70. The highest BCUT2D eigenvalue weighted by Gasteiger charge is 2.30. The molecule has 136 valence electrons. The van der Waals surface area contributed by atoms with Gasteiger partial charge in [-0.15, -0.1) is 0 Å². The fourth-order valence-corrected chi connectivity index (χ4v) is 3.29. The lowest BCUT2D eigenvalue weighted by molar-refractivity contribution is -0.121. The summed E-state index contributed by atoms with van der Waals surface area (Å²) in [4.78, 5) is 28.3. The summed E-state index contributed by atoms with van der Waals surface area (Å²) in [5.41, 5.74) is 2.65. The van der Waals surface area contributed by atoms with Crippen LogP contribution in [0.3, 0.4) is 0 Å². The average Bonchev–Trinajstić information content (AvgIpc) is 2.92. The van der Waals surface area contributed by atoms with E-state index < -0.39 is 0 Å². The Kier molecular flexibility index (Phi) is 5.32. The Balaban J connectivity index is 1.56. The van der Waals surface area contributed by atoms with Crippen molar-refractivity contribution in [3.05, 3.63) is 59.9 Å². The third-order valence-electron chi connectivity index (χ3n) is 4.42. The number of likely N-dealkylation sites (N-methyl/N-ethyl adjacent to an activating group) is 1. The Hall–Kier alpha value is -2.73.